The minimum atomic E-state index is -0.230. The molecule has 3 aromatic carbocycles. The van der Waals surface area contributed by atoms with Crippen LogP contribution in [0.3, 0.4) is 0 Å². The number of amides is 1. The molecule has 0 unspecified atom stereocenters. The van der Waals surface area contributed by atoms with Crippen molar-refractivity contribution in [3.8, 4) is 0 Å². The zero-order valence-corrected chi connectivity index (χ0v) is 20.8. The van der Waals surface area contributed by atoms with Gasteiger partial charge < -0.3 is 10.2 Å². The summed E-state index contributed by atoms with van der Waals surface area (Å²) in [5.74, 6) is -0.627. The highest BCUT2D eigenvalue weighted by Crippen LogP contribution is 2.28. The van der Waals surface area contributed by atoms with Crippen LogP contribution in [0.2, 0.25) is 5.02 Å². The van der Waals surface area contributed by atoms with Crippen molar-refractivity contribution in [1.82, 2.24) is 10.2 Å². The normalized spacial score (nSPS) is 15.4. The second kappa shape index (κ2) is 10.6. The third kappa shape index (κ3) is 5.06. The average Bonchev–Trinajstić information content (AvgIpc) is 2.91. The lowest BCUT2D eigenvalue weighted by Gasteiger charge is -2.36. The lowest BCUT2D eigenvalue weighted by atomic mass is 9.83. The summed E-state index contributed by atoms with van der Waals surface area (Å²) in [5.41, 5.74) is 3.02. The van der Waals surface area contributed by atoms with Crippen LogP contribution in [0.4, 0.5) is 5.69 Å². The molecule has 5 rings (SSSR count). The Morgan fingerprint density at radius 1 is 0.778 bits per heavy atom. The van der Waals surface area contributed by atoms with Gasteiger partial charge in [0.25, 0.3) is 5.91 Å². The molecular weight excluding hydrogens is 474 g/mol. The molecule has 6 nitrogen and oxygen atoms in total. The summed E-state index contributed by atoms with van der Waals surface area (Å²) in [5, 5.41) is 3.71. The molecule has 1 N–H and O–H groups in total. The van der Waals surface area contributed by atoms with E-state index < -0.39 is 0 Å². The monoisotopic (exact) mass is 501 g/mol. The van der Waals surface area contributed by atoms with Crippen LogP contribution in [0.25, 0.3) is 0 Å². The zero-order valence-electron chi connectivity index (χ0n) is 20.0. The van der Waals surface area contributed by atoms with Gasteiger partial charge in [0.1, 0.15) is 0 Å². The van der Waals surface area contributed by atoms with Crippen molar-refractivity contribution in [3.63, 3.8) is 0 Å². The number of hydrogen-bond donors (Lipinski definition) is 1. The molecule has 0 radical (unpaired) electrons. The first-order valence-corrected chi connectivity index (χ1v) is 12.7. The first kappa shape index (κ1) is 24.2. The van der Waals surface area contributed by atoms with Gasteiger partial charge in [-0.15, -0.1) is 0 Å². The molecule has 1 heterocycles. The van der Waals surface area contributed by atoms with Gasteiger partial charge in [-0.25, -0.2) is 0 Å². The molecule has 2 aliphatic rings. The third-order valence-corrected chi connectivity index (χ3v) is 7.15. The fraction of sp³-hybridized carbons (Fsp3) is 0.276. The number of halogens is 1. The SMILES string of the molecule is O=C(NCCCCN1CCN(c2cccc(Cl)c2)CC1)c1ccc2c(c1)C(=O)c1ccccc1C2=O. The number of fused-ring (bicyclic) bond motifs is 2. The van der Waals surface area contributed by atoms with Crippen LogP contribution >= 0.6 is 11.6 Å². The van der Waals surface area contributed by atoms with E-state index in [0.29, 0.717) is 34.4 Å². The molecule has 1 fully saturated rings. The van der Waals surface area contributed by atoms with Crippen molar-refractivity contribution >= 4 is 34.8 Å². The highest BCUT2D eigenvalue weighted by Gasteiger charge is 2.29. The maximum absolute atomic E-state index is 12.9. The Labute approximate surface area is 215 Å². The van der Waals surface area contributed by atoms with Gasteiger partial charge in [-0.2, -0.15) is 0 Å². The van der Waals surface area contributed by atoms with E-state index in [2.05, 4.69) is 21.2 Å². The molecule has 3 aromatic rings. The standard InChI is InChI=1S/C29H28ClN3O3/c30-21-6-5-7-22(19-21)33-16-14-32(15-17-33)13-4-3-12-31-29(36)20-10-11-25-26(18-20)28(35)24-9-2-1-8-23(24)27(25)34/h1-2,5-11,18-19H,3-4,12-17H2,(H,31,36). The number of nitrogens with one attached hydrogen (secondary N) is 1. The molecule has 0 spiro atoms. The van der Waals surface area contributed by atoms with E-state index in [1.165, 1.54) is 5.69 Å². The number of benzene rings is 3. The number of carbonyl (C=O) groups excluding carboxylic acids is 3. The van der Waals surface area contributed by atoms with Crippen LogP contribution in [0.5, 0.6) is 0 Å². The molecular formula is C29H28ClN3O3. The maximum Gasteiger partial charge on any atom is 0.251 e. The number of hydrogen-bond acceptors (Lipinski definition) is 5. The van der Waals surface area contributed by atoms with Crippen molar-refractivity contribution in [2.75, 3.05) is 44.2 Å². The predicted molar refractivity (Wildman–Crippen MR) is 141 cm³/mol. The lowest BCUT2D eigenvalue weighted by Crippen LogP contribution is -2.46. The number of anilines is 1. The topological polar surface area (TPSA) is 69.7 Å². The second-order valence-electron chi connectivity index (χ2n) is 9.24. The van der Waals surface area contributed by atoms with Crippen LogP contribution in [-0.2, 0) is 0 Å². The van der Waals surface area contributed by atoms with Crippen LogP contribution in [-0.4, -0.2) is 61.6 Å². The van der Waals surface area contributed by atoms with E-state index in [1.807, 2.05) is 18.2 Å². The molecule has 184 valence electrons. The average molecular weight is 502 g/mol. The van der Waals surface area contributed by atoms with Gasteiger partial charge >= 0.3 is 0 Å². The number of unbranched alkanes of at least 4 members (excludes halogenated alkanes) is 1. The van der Waals surface area contributed by atoms with Gasteiger partial charge in [0.15, 0.2) is 11.6 Å². The smallest absolute Gasteiger partial charge is 0.251 e. The molecule has 1 saturated heterocycles. The second-order valence-corrected chi connectivity index (χ2v) is 9.67. The van der Waals surface area contributed by atoms with Crippen LogP contribution in [0.15, 0.2) is 66.7 Å². The largest absolute Gasteiger partial charge is 0.369 e. The van der Waals surface area contributed by atoms with E-state index in [9.17, 15) is 14.4 Å². The number of ketones is 2. The van der Waals surface area contributed by atoms with Crippen LogP contribution in [0, 0.1) is 0 Å². The lowest BCUT2D eigenvalue weighted by molar-refractivity contribution is 0.0950. The van der Waals surface area contributed by atoms with E-state index >= 15 is 0 Å². The Bertz CT molecular complexity index is 1310. The Morgan fingerprint density at radius 3 is 2.19 bits per heavy atom. The number of piperazine rings is 1. The summed E-state index contributed by atoms with van der Waals surface area (Å²) in [6, 6.07) is 19.5. The van der Waals surface area contributed by atoms with Crippen LogP contribution < -0.4 is 10.2 Å². The van der Waals surface area contributed by atoms with E-state index in [1.54, 1.807) is 42.5 Å². The minimum Gasteiger partial charge on any atom is -0.369 e. The third-order valence-electron chi connectivity index (χ3n) is 6.92. The van der Waals surface area contributed by atoms with E-state index in [-0.39, 0.29) is 17.5 Å². The van der Waals surface area contributed by atoms with E-state index in [0.717, 1.165) is 50.6 Å². The van der Waals surface area contributed by atoms with Gasteiger partial charge in [-0.05, 0) is 55.8 Å². The van der Waals surface area contributed by atoms with Gasteiger partial charge in [0, 0.05) is 71.3 Å². The molecule has 1 amide bonds. The number of nitrogens with zero attached hydrogens (tertiary/aromatic N) is 2. The highest BCUT2D eigenvalue weighted by molar-refractivity contribution is 6.31. The molecule has 36 heavy (non-hydrogen) atoms. The molecule has 0 aromatic heterocycles. The van der Waals surface area contributed by atoms with Gasteiger partial charge in [0.2, 0.25) is 0 Å². The van der Waals surface area contributed by atoms with Gasteiger partial charge in [-0.1, -0.05) is 41.9 Å². The number of rotatable bonds is 7. The van der Waals surface area contributed by atoms with Crippen molar-refractivity contribution in [2.24, 2.45) is 0 Å². The molecule has 7 heteroatoms. The summed E-state index contributed by atoms with van der Waals surface area (Å²) in [6.07, 6.45) is 1.86. The fourth-order valence-corrected chi connectivity index (χ4v) is 5.09. The number of carbonyl (C=O) groups is 3. The maximum atomic E-state index is 12.9. The zero-order chi connectivity index (χ0) is 25.1. The van der Waals surface area contributed by atoms with Gasteiger partial charge in [-0.3, -0.25) is 19.3 Å². The Hall–Kier alpha value is -3.48. The van der Waals surface area contributed by atoms with E-state index in [4.69, 9.17) is 11.6 Å². The van der Waals surface area contributed by atoms with Crippen molar-refractivity contribution in [3.05, 3.63) is 99.6 Å². The first-order chi connectivity index (χ1) is 17.5. The summed E-state index contributed by atoms with van der Waals surface area (Å²) >= 11 is 6.12. The van der Waals surface area contributed by atoms with Gasteiger partial charge in [0.05, 0.1) is 0 Å². The first-order valence-electron chi connectivity index (χ1n) is 12.3. The van der Waals surface area contributed by atoms with Crippen LogP contribution in [0.1, 0.15) is 55.0 Å². The molecule has 0 bridgehead atoms. The highest BCUT2D eigenvalue weighted by atomic mass is 35.5. The van der Waals surface area contributed by atoms with Crippen molar-refractivity contribution in [1.29, 1.82) is 0 Å². The summed E-state index contributed by atoms with van der Waals surface area (Å²) in [7, 11) is 0. The Kier molecular flexibility index (Phi) is 7.16. The summed E-state index contributed by atoms with van der Waals surface area (Å²) in [6.45, 7) is 5.51. The van der Waals surface area contributed by atoms with Crippen molar-refractivity contribution in [2.45, 2.75) is 12.8 Å². The minimum absolute atomic E-state index is 0.180. The fourth-order valence-electron chi connectivity index (χ4n) is 4.91. The molecule has 1 aliphatic carbocycles. The molecule has 1 aliphatic heterocycles. The predicted octanol–water partition coefficient (Wildman–Crippen LogP) is 4.45. The summed E-state index contributed by atoms with van der Waals surface area (Å²) < 4.78 is 0. The molecule has 0 atom stereocenters. The Morgan fingerprint density at radius 2 is 1.47 bits per heavy atom. The summed E-state index contributed by atoms with van der Waals surface area (Å²) in [4.78, 5) is 43.1. The quantitative estimate of drug-likeness (QED) is 0.379. The molecule has 0 saturated carbocycles. The van der Waals surface area contributed by atoms with Crippen molar-refractivity contribution < 1.29 is 14.4 Å². The Balaban J connectivity index is 1.07.